The molecule has 126 valence electrons. The molecule has 0 fully saturated rings. The number of hydrogen-bond donors (Lipinski definition) is 0. The van der Waals surface area contributed by atoms with Crippen LogP contribution in [0, 0.1) is 23.0 Å². The fourth-order valence-corrected chi connectivity index (χ4v) is 3.37. The summed E-state index contributed by atoms with van der Waals surface area (Å²) in [4.78, 5) is -0.555. The van der Waals surface area contributed by atoms with Gasteiger partial charge in [0, 0.05) is 6.07 Å². The highest BCUT2D eigenvalue weighted by Crippen LogP contribution is 2.38. The molecule has 0 unspecified atom stereocenters. The summed E-state index contributed by atoms with van der Waals surface area (Å²) in [6, 6.07) is 6.63. The molecule has 0 aromatic heterocycles. The van der Waals surface area contributed by atoms with Crippen molar-refractivity contribution in [2.24, 2.45) is 0 Å². The Labute approximate surface area is 145 Å². The lowest BCUT2D eigenvalue weighted by Crippen LogP contribution is -2.12. The van der Waals surface area contributed by atoms with Crippen LogP contribution in [-0.2, 0) is 10.1 Å². The third-order valence-electron chi connectivity index (χ3n) is 2.81. The monoisotopic (exact) mass is 417 g/mol. The lowest BCUT2D eigenvalue weighted by Gasteiger charge is -2.14. The lowest BCUT2D eigenvalue weighted by molar-refractivity contribution is 0.327. The maximum atomic E-state index is 13.3. The van der Waals surface area contributed by atoms with Gasteiger partial charge in [-0.3, -0.25) is 0 Å². The van der Waals surface area contributed by atoms with Gasteiger partial charge in [-0.2, -0.15) is 13.7 Å². The van der Waals surface area contributed by atoms with E-state index in [4.69, 9.17) is 14.2 Å². The summed E-state index contributed by atoms with van der Waals surface area (Å²) in [7, 11) is -4.44. The first-order valence-electron chi connectivity index (χ1n) is 6.54. The third kappa shape index (κ3) is 3.83. The van der Waals surface area contributed by atoms with Crippen molar-refractivity contribution in [3.05, 3.63) is 52.0 Å². The molecular formula is C15H10BrF2NO4S. The first-order chi connectivity index (χ1) is 11.3. The highest BCUT2D eigenvalue weighted by Gasteiger charge is 2.23. The Hall–Kier alpha value is -2.18. The second-order valence-electron chi connectivity index (χ2n) is 4.44. The molecule has 0 atom stereocenters. The topological polar surface area (TPSA) is 76.4 Å². The molecule has 0 aliphatic carbocycles. The first-order valence-corrected chi connectivity index (χ1v) is 8.74. The smallest absolute Gasteiger partial charge is 0.339 e. The zero-order valence-electron chi connectivity index (χ0n) is 12.2. The van der Waals surface area contributed by atoms with Crippen LogP contribution in [0.25, 0.3) is 0 Å². The average Bonchev–Trinajstić information content (AvgIpc) is 2.53. The zero-order valence-corrected chi connectivity index (χ0v) is 14.6. The molecule has 0 amide bonds. The average molecular weight is 418 g/mol. The van der Waals surface area contributed by atoms with Gasteiger partial charge in [0.05, 0.1) is 22.7 Å². The van der Waals surface area contributed by atoms with E-state index < -0.39 is 26.6 Å². The van der Waals surface area contributed by atoms with E-state index >= 15 is 0 Å². The Kier molecular flexibility index (Phi) is 5.41. The van der Waals surface area contributed by atoms with E-state index in [-0.39, 0.29) is 28.1 Å². The number of rotatable bonds is 5. The summed E-state index contributed by atoms with van der Waals surface area (Å²) in [5.41, 5.74) is 0.225. The van der Waals surface area contributed by atoms with E-state index in [0.29, 0.717) is 12.1 Å². The van der Waals surface area contributed by atoms with Crippen LogP contribution < -0.4 is 8.92 Å². The van der Waals surface area contributed by atoms with Crippen LogP contribution >= 0.6 is 15.9 Å². The van der Waals surface area contributed by atoms with E-state index in [1.807, 2.05) is 6.07 Å². The van der Waals surface area contributed by atoms with Crippen molar-refractivity contribution in [1.29, 1.82) is 5.26 Å². The Bertz CT molecular complexity index is 926. The maximum Gasteiger partial charge on any atom is 0.339 e. The van der Waals surface area contributed by atoms with Crippen molar-refractivity contribution in [3.8, 4) is 17.6 Å². The van der Waals surface area contributed by atoms with Gasteiger partial charge in [0.25, 0.3) is 0 Å². The Balaban J connectivity index is 2.49. The van der Waals surface area contributed by atoms with Crippen molar-refractivity contribution >= 4 is 26.0 Å². The number of halogens is 3. The van der Waals surface area contributed by atoms with Gasteiger partial charge < -0.3 is 8.92 Å². The molecule has 0 spiro atoms. The first kappa shape index (κ1) is 18.2. The molecule has 0 bridgehead atoms. The maximum absolute atomic E-state index is 13.3. The van der Waals surface area contributed by atoms with Crippen molar-refractivity contribution < 1.29 is 26.1 Å². The highest BCUT2D eigenvalue weighted by molar-refractivity contribution is 9.10. The predicted molar refractivity (Wildman–Crippen MR) is 84.2 cm³/mol. The van der Waals surface area contributed by atoms with Crippen molar-refractivity contribution in [3.63, 3.8) is 0 Å². The van der Waals surface area contributed by atoms with E-state index in [1.54, 1.807) is 6.92 Å². The molecule has 2 aromatic rings. The molecule has 2 aromatic carbocycles. The summed E-state index contributed by atoms with van der Waals surface area (Å²) in [5, 5.41) is 8.95. The predicted octanol–water partition coefficient (Wildman–Crippen LogP) is 3.77. The van der Waals surface area contributed by atoms with Crippen LogP contribution in [0.5, 0.6) is 11.5 Å². The zero-order chi connectivity index (χ0) is 17.9. The Morgan fingerprint density at radius 2 is 1.92 bits per heavy atom. The SMILES string of the molecule is CCOc1cc(C#N)cc(Br)c1OS(=O)(=O)c1ccc(F)c(F)c1. The van der Waals surface area contributed by atoms with Crippen LogP contribution in [-0.4, -0.2) is 15.0 Å². The molecular weight excluding hydrogens is 408 g/mol. The molecule has 0 aliphatic heterocycles. The number of nitrogens with zero attached hydrogens (tertiary/aromatic N) is 1. The van der Waals surface area contributed by atoms with Gasteiger partial charge in [0.15, 0.2) is 23.1 Å². The van der Waals surface area contributed by atoms with Gasteiger partial charge >= 0.3 is 10.1 Å². The number of benzene rings is 2. The van der Waals surface area contributed by atoms with Crippen molar-refractivity contribution in [2.75, 3.05) is 6.61 Å². The molecule has 0 radical (unpaired) electrons. The molecule has 0 saturated carbocycles. The Morgan fingerprint density at radius 3 is 2.50 bits per heavy atom. The van der Waals surface area contributed by atoms with Crippen LogP contribution in [0.2, 0.25) is 0 Å². The Morgan fingerprint density at radius 1 is 1.21 bits per heavy atom. The molecule has 0 saturated heterocycles. The van der Waals surface area contributed by atoms with E-state index in [2.05, 4.69) is 15.9 Å². The lowest BCUT2D eigenvalue weighted by atomic mass is 10.2. The molecule has 0 N–H and O–H groups in total. The quantitative estimate of drug-likeness (QED) is 0.692. The number of hydrogen-bond acceptors (Lipinski definition) is 5. The summed E-state index contributed by atoms with van der Waals surface area (Å²) < 4.78 is 61.2. The van der Waals surface area contributed by atoms with Crippen molar-refractivity contribution in [2.45, 2.75) is 11.8 Å². The normalized spacial score (nSPS) is 11.0. The van der Waals surface area contributed by atoms with Crippen LogP contribution in [0.15, 0.2) is 39.7 Å². The third-order valence-corrected chi connectivity index (χ3v) is 4.62. The van der Waals surface area contributed by atoms with E-state index in [0.717, 1.165) is 6.07 Å². The molecule has 9 heteroatoms. The minimum absolute atomic E-state index is 0.0228. The van der Waals surface area contributed by atoms with Crippen LogP contribution in [0.4, 0.5) is 8.78 Å². The minimum atomic E-state index is -4.44. The molecule has 0 aliphatic rings. The number of ether oxygens (including phenoxy) is 1. The van der Waals surface area contributed by atoms with Crippen molar-refractivity contribution in [1.82, 2.24) is 0 Å². The summed E-state index contributed by atoms with van der Waals surface area (Å²) in [6.45, 7) is 1.86. The molecule has 2 rings (SSSR count). The standard InChI is InChI=1S/C15H10BrF2NO4S/c1-2-22-14-6-9(8-19)5-11(16)15(14)23-24(20,21)10-3-4-12(17)13(18)7-10/h3-7H,2H2,1H3. The van der Waals surface area contributed by atoms with Gasteiger partial charge in [0.1, 0.15) is 4.90 Å². The highest BCUT2D eigenvalue weighted by atomic mass is 79.9. The largest absolute Gasteiger partial charge is 0.490 e. The second kappa shape index (κ2) is 7.15. The van der Waals surface area contributed by atoms with Gasteiger partial charge in [-0.05, 0) is 47.1 Å². The summed E-state index contributed by atoms with van der Waals surface area (Å²) >= 11 is 3.11. The fourth-order valence-electron chi connectivity index (χ4n) is 1.77. The fraction of sp³-hybridized carbons (Fsp3) is 0.133. The number of nitriles is 1. The summed E-state index contributed by atoms with van der Waals surface area (Å²) in [6.07, 6.45) is 0. The molecule has 5 nitrogen and oxygen atoms in total. The van der Waals surface area contributed by atoms with Gasteiger partial charge in [0.2, 0.25) is 0 Å². The molecule has 0 heterocycles. The van der Waals surface area contributed by atoms with E-state index in [1.165, 1.54) is 12.1 Å². The minimum Gasteiger partial charge on any atom is -0.490 e. The van der Waals surface area contributed by atoms with E-state index in [9.17, 15) is 17.2 Å². The van der Waals surface area contributed by atoms with Crippen LogP contribution in [0.3, 0.4) is 0 Å². The van der Waals surface area contributed by atoms with Gasteiger partial charge in [-0.25, -0.2) is 8.78 Å². The molecule has 24 heavy (non-hydrogen) atoms. The van der Waals surface area contributed by atoms with Gasteiger partial charge in [-0.1, -0.05) is 0 Å². The summed E-state index contributed by atoms with van der Waals surface area (Å²) in [5.74, 6) is -2.66. The second-order valence-corrected chi connectivity index (χ2v) is 6.84. The van der Waals surface area contributed by atoms with Gasteiger partial charge in [-0.15, -0.1) is 0 Å². The van der Waals surface area contributed by atoms with Crippen LogP contribution in [0.1, 0.15) is 12.5 Å².